The van der Waals surface area contributed by atoms with Crippen molar-refractivity contribution in [3.05, 3.63) is 52.3 Å². The zero-order chi connectivity index (χ0) is 23.8. The molecule has 1 fully saturated rings. The van der Waals surface area contributed by atoms with E-state index in [2.05, 4.69) is 21.6 Å². The molecule has 3 aromatic rings. The van der Waals surface area contributed by atoms with E-state index in [-0.39, 0.29) is 33.0 Å². The summed E-state index contributed by atoms with van der Waals surface area (Å²) in [5.74, 6) is 0.272. The Labute approximate surface area is 202 Å². The second-order valence-electron chi connectivity index (χ2n) is 8.44. The van der Waals surface area contributed by atoms with Gasteiger partial charge in [-0.3, -0.25) is 4.79 Å². The Kier molecular flexibility index (Phi) is 6.86. The van der Waals surface area contributed by atoms with E-state index in [1.165, 1.54) is 12.1 Å². The Bertz CT molecular complexity index is 1260. The number of carbonyl (C=O) groups excluding carboxylic acids is 1. The normalized spacial score (nSPS) is 16.3. The number of anilines is 1. The summed E-state index contributed by atoms with van der Waals surface area (Å²) in [4.78, 5) is 22.2. The average molecular weight is 510 g/mol. The van der Waals surface area contributed by atoms with E-state index in [1.807, 2.05) is 18.2 Å². The van der Waals surface area contributed by atoms with Crippen molar-refractivity contribution < 1.29 is 13.2 Å². The fourth-order valence-corrected chi connectivity index (χ4v) is 5.80. The van der Waals surface area contributed by atoms with E-state index in [9.17, 15) is 13.2 Å². The van der Waals surface area contributed by atoms with Crippen LogP contribution in [0.5, 0.6) is 0 Å². The van der Waals surface area contributed by atoms with Gasteiger partial charge in [-0.05, 0) is 55.0 Å². The van der Waals surface area contributed by atoms with Gasteiger partial charge in [0, 0.05) is 13.1 Å². The van der Waals surface area contributed by atoms with Crippen LogP contribution in [0, 0.1) is 5.92 Å². The minimum Gasteiger partial charge on any atom is -0.396 e. The second kappa shape index (κ2) is 9.50. The van der Waals surface area contributed by atoms with Crippen molar-refractivity contribution in [3.8, 4) is 0 Å². The van der Waals surface area contributed by atoms with Gasteiger partial charge in [0.1, 0.15) is 6.04 Å². The first-order valence-electron chi connectivity index (χ1n) is 10.6. The number of aromatic amines is 1. The van der Waals surface area contributed by atoms with Crippen molar-refractivity contribution >= 4 is 55.9 Å². The molecule has 2 heterocycles. The number of rotatable bonds is 6. The molecular weight excluding hydrogens is 485 g/mol. The summed E-state index contributed by atoms with van der Waals surface area (Å²) in [5.41, 5.74) is 8.24. The summed E-state index contributed by atoms with van der Waals surface area (Å²) in [5, 5.41) is 0.0564. The van der Waals surface area contributed by atoms with Gasteiger partial charge in [0.25, 0.3) is 0 Å². The van der Waals surface area contributed by atoms with Crippen molar-refractivity contribution in [2.75, 3.05) is 18.8 Å². The van der Waals surface area contributed by atoms with E-state index >= 15 is 0 Å². The first-order valence-corrected chi connectivity index (χ1v) is 12.9. The number of nitrogens with two attached hydrogens (primary N) is 1. The van der Waals surface area contributed by atoms with Crippen LogP contribution in [0.4, 0.5) is 5.69 Å². The number of carbonyl (C=O) groups is 1. The molecule has 33 heavy (non-hydrogen) atoms. The van der Waals surface area contributed by atoms with Crippen LogP contribution in [0.3, 0.4) is 0 Å². The molecule has 1 aromatic heterocycles. The average Bonchev–Trinajstić information content (AvgIpc) is 3.24. The quantitative estimate of drug-likeness (QED) is 0.438. The monoisotopic (exact) mass is 509 g/mol. The number of benzene rings is 2. The number of hydrogen-bond donors (Lipinski definition) is 3. The number of piperidine rings is 1. The molecule has 1 saturated heterocycles. The third kappa shape index (κ3) is 5.27. The van der Waals surface area contributed by atoms with E-state index in [0.717, 1.165) is 29.4 Å². The van der Waals surface area contributed by atoms with Crippen molar-refractivity contribution in [2.45, 2.75) is 37.1 Å². The summed E-state index contributed by atoms with van der Waals surface area (Å²) >= 11 is 12.1. The van der Waals surface area contributed by atoms with Crippen molar-refractivity contribution in [1.29, 1.82) is 0 Å². The lowest BCUT2D eigenvalue weighted by Crippen LogP contribution is -2.51. The number of aromatic nitrogens is 2. The van der Waals surface area contributed by atoms with Crippen LogP contribution >= 0.6 is 23.2 Å². The molecule has 176 valence electrons. The highest BCUT2D eigenvalue weighted by molar-refractivity contribution is 7.89. The van der Waals surface area contributed by atoms with Gasteiger partial charge in [-0.15, -0.1) is 0 Å². The molecule has 0 aliphatic carbocycles. The SMILES string of the molecule is CC1CCN(C(=O)C(Cc2ccc3nc[nH]c3c2)NS(=O)(=O)c2cc(Cl)c(N)c(Cl)c2)CC1. The molecule has 0 spiro atoms. The minimum atomic E-state index is -4.11. The molecule has 1 unspecified atom stereocenters. The number of imidazole rings is 1. The van der Waals surface area contributed by atoms with Gasteiger partial charge < -0.3 is 15.6 Å². The van der Waals surface area contributed by atoms with E-state index in [1.54, 1.807) is 11.2 Å². The smallest absolute Gasteiger partial charge is 0.241 e. The fourth-order valence-electron chi connectivity index (χ4n) is 3.95. The summed E-state index contributed by atoms with van der Waals surface area (Å²) in [6.45, 7) is 3.34. The van der Waals surface area contributed by atoms with Gasteiger partial charge in [0.05, 0.1) is 38.0 Å². The number of fused-ring (bicyclic) bond motifs is 1. The topological polar surface area (TPSA) is 121 Å². The lowest BCUT2D eigenvalue weighted by Gasteiger charge is -2.33. The maximum Gasteiger partial charge on any atom is 0.241 e. The molecule has 1 atom stereocenters. The molecule has 0 saturated carbocycles. The number of nitrogens with one attached hydrogen (secondary N) is 2. The lowest BCUT2D eigenvalue weighted by atomic mass is 9.98. The summed E-state index contributed by atoms with van der Waals surface area (Å²) in [6, 6.07) is 7.00. The Morgan fingerprint density at radius 1 is 1.24 bits per heavy atom. The van der Waals surface area contributed by atoms with Crippen LogP contribution in [-0.4, -0.2) is 48.3 Å². The molecule has 8 nitrogen and oxygen atoms in total. The highest BCUT2D eigenvalue weighted by Crippen LogP contribution is 2.31. The third-order valence-electron chi connectivity index (χ3n) is 5.98. The Balaban J connectivity index is 1.64. The fraction of sp³-hybridized carbons (Fsp3) is 0.364. The third-order valence-corrected chi connectivity index (χ3v) is 8.05. The molecule has 4 rings (SSSR count). The van der Waals surface area contributed by atoms with Gasteiger partial charge in [0.2, 0.25) is 15.9 Å². The second-order valence-corrected chi connectivity index (χ2v) is 11.0. The zero-order valence-electron chi connectivity index (χ0n) is 18.0. The predicted octanol–water partition coefficient (Wildman–Crippen LogP) is 3.60. The zero-order valence-corrected chi connectivity index (χ0v) is 20.3. The van der Waals surface area contributed by atoms with Gasteiger partial charge in [-0.25, -0.2) is 13.4 Å². The standard InChI is InChI=1S/C22H25Cl2N5O3S/c1-13-4-6-29(7-5-13)22(30)20(9-14-2-3-18-19(8-14)27-12-26-18)28-33(31,32)15-10-16(23)21(25)17(24)11-15/h2-3,8,10-13,20,28H,4-7,9,25H2,1H3,(H,26,27). The summed E-state index contributed by atoms with van der Waals surface area (Å²) in [6.07, 6.45) is 3.53. The predicted molar refractivity (Wildman–Crippen MR) is 130 cm³/mol. The molecule has 1 aliphatic rings. The van der Waals surface area contributed by atoms with Gasteiger partial charge in [0.15, 0.2) is 0 Å². The number of amides is 1. The molecule has 0 radical (unpaired) electrons. The molecular formula is C22H25Cl2N5O3S. The van der Waals surface area contributed by atoms with Crippen molar-refractivity contribution in [1.82, 2.24) is 19.6 Å². The molecule has 1 amide bonds. The number of halogens is 2. The van der Waals surface area contributed by atoms with Crippen LogP contribution in [0.25, 0.3) is 11.0 Å². The van der Waals surface area contributed by atoms with Gasteiger partial charge in [-0.2, -0.15) is 4.72 Å². The number of nitrogen functional groups attached to an aromatic ring is 1. The van der Waals surface area contributed by atoms with Crippen LogP contribution in [-0.2, 0) is 21.2 Å². The van der Waals surface area contributed by atoms with Crippen LogP contribution in [0.1, 0.15) is 25.3 Å². The van der Waals surface area contributed by atoms with Crippen LogP contribution in [0.2, 0.25) is 10.0 Å². The van der Waals surface area contributed by atoms with E-state index in [0.29, 0.717) is 19.0 Å². The number of sulfonamides is 1. The minimum absolute atomic E-state index is 0.0282. The molecule has 1 aliphatic heterocycles. The molecule has 0 bridgehead atoms. The Hall–Kier alpha value is -2.33. The number of hydrogen-bond acceptors (Lipinski definition) is 5. The van der Waals surface area contributed by atoms with Crippen molar-refractivity contribution in [2.24, 2.45) is 5.92 Å². The largest absolute Gasteiger partial charge is 0.396 e. The molecule has 4 N–H and O–H groups in total. The number of likely N-dealkylation sites (tertiary alicyclic amines) is 1. The first-order chi connectivity index (χ1) is 15.6. The van der Waals surface area contributed by atoms with Crippen LogP contribution in [0.15, 0.2) is 41.6 Å². The molecule has 2 aromatic carbocycles. The maximum atomic E-state index is 13.4. The number of nitrogens with zero attached hydrogens (tertiary/aromatic N) is 2. The highest BCUT2D eigenvalue weighted by atomic mass is 35.5. The summed E-state index contributed by atoms with van der Waals surface area (Å²) < 4.78 is 29.0. The maximum absolute atomic E-state index is 13.4. The van der Waals surface area contributed by atoms with Gasteiger partial charge >= 0.3 is 0 Å². The van der Waals surface area contributed by atoms with E-state index in [4.69, 9.17) is 28.9 Å². The van der Waals surface area contributed by atoms with Crippen LogP contribution < -0.4 is 10.5 Å². The first kappa shape index (κ1) is 23.8. The van der Waals surface area contributed by atoms with Crippen molar-refractivity contribution in [3.63, 3.8) is 0 Å². The highest BCUT2D eigenvalue weighted by Gasteiger charge is 2.31. The Morgan fingerprint density at radius 3 is 2.58 bits per heavy atom. The molecule has 11 heteroatoms. The lowest BCUT2D eigenvalue weighted by molar-refractivity contribution is -0.134. The number of H-pyrrole nitrogens is 1. The van der Waals surface area contributed by atoms with Gasteiger partial charge in [-0.1, -0.05) is 36.2 Å². The Morgan fingerprint density at radius 2 is 1.91 bits per heavy atom. The van der Waals surface area contributed by atoms with E-state index < -0.39 is 16.1 Å². The summed E-state index contributed by atoms with van der Waals surface area (Å²) in [7, 11) is -4.11.